The number of rotatable bonds is 4. The zero-order valence-electron chi connectivity index (χ0n) is 15.6. The van der Waals surface area contributed by atoms with E-state index in [1.165, 1.54) is 0 Å². The van der Waals surface area contributed by atoms with Crippen LogP contribution < -0.4 is 5.32 Å². The molecule has 1 aliphatic rings. The number of fused-ring (bicyclic) bond motifs is 2. The second-order valence-corrected chi connectivity index (χ2v) is 7.77. The van der Waals surface area contributed by atoms with Gasteiger partial charge >= 0.3 is 0 Å². The fourth-order valence-electron chi connectivity index (χ4n) is 3.12. The second-order valence-electron chi connectivity index (χ2n) is 7.77. The average Bonchev–Trinajstić information content (AvgIpc) is 2.60. The van der Waals surface area contributed by atoms with Gasteiger partial charge in [-0.25, -0.2) is 0 Å². The Hall–Kier alpha value is -2.68. The third kappa shape index (κ3) is 3.93. The lowest BCUT2D eigenvalue weighted by Gasteiger charge is -2.24. The van der Waals surface area contributed by atoms with Crippen molar-refractivity contribution >= 4 is 29.4 Å². The molecule has 26 heavy (non-hydrogen) atoms. The first kappa shape index (κ1) is 18.1. The standard InChI is InChI=1S/C23H25NO2/c1-23(2,3)21(26)15-14-20(25)22-18-10-6-4-8-16(18)12-13-17-9-5-7-11-19(17)24-22/h4-13,22,24H,14-15H2,1-3H3/b13-12-. The fourth-order valence-corrected chi connectivity index (χ4v) is 3.12. The minimum absolute atomic E-state index is 0.0418. The van der Waals surface area contributed by atoms with Crippen molar-refractivity contribution in [2.24, 2.45) is 5.41 Å². The predicted octanol–water partition coefficient (Wildman–Crippen LogP) is 5.29. The van der Waals surface area contributed by atoms with E-state index in [1.807, 2.05) is 69.3 Å². The number of nitrogens with one attached hydrogen (secondary N) is 1. The zero-order valence-corrected chi connectivity index (χ0v) is 15.6. The number of carbonyl (C=O) groups is 2. The molecule has 1 N–H and O–H groups in total. The van der Waals surface area contributed by atoms with Crippen LogP contribution in [0.25, 0.3) is 12.2 Å². The summed E-state index contributed by atoms with van der Waals surface area (Å²) in [7, 11) is 0. The molecule has 0 amide bonds. The van der Waals surface area contributed by atoms with Gasteiger partial charge in [0.25, 0.3) is 0 Å². The summed E-state index contributed by atoms with van der Waals surface area (Å²) in [6.07, 6.45) is 4.63. The number of carbonyl (C=O) groups excluding carboxylic acids is 2. The Bertz CT molecular complexity index is 859. The molecular formula is C23H25NO2. The van der Waals surface area contributed by atoms with Gasteiger partial charge in [-0.05, 0) is 22.8 Å². The van der Waals surface area contributed by atoms with Crippen molar-refractivity contribution in [1.82, 2.24) is 0 Å². The van der Waals surface area contributed by atoms with Gasteiger partial charge in [0.2, 0.25) is 0 Å². The zero-order chi connectivity index (χ0) is 18.7. The van der Waals surface area contributed by atoms with Gasteiger partial charge in [0.1, 0.15) is 11.8 Å². The second kappa shape index (κ2) is 7.28. The van der Waals surface area contributed by atoms with Crippen LogP contribution in [0.15, 0.2) is 48.5 Å². The molecule has 0 saturated heterocycles. The molecule has 2 aromatic rings. The Morgan fingerprint density at radius 1 is 0.885 bits per heavy atom. The van der Waals surface area contributed by atoms with Crippen LogP contribution in [0.3, 0.4) is 0 Å². The Balaban J connectivity index is 1.91. The summed E-state index contributed by atoms with van der Waals surface area (Å²) >= 11 is 0. The molecule has 0 aliphatic carbocycles. The number of ketones is 2. The fraction of sp³-hybridized carbons (Fsp3) is 0.304. The number of hydrogen-bond acceptors (Lipinski definition) is 3. The molecule has 0 aromatic heterocycles. The predicted molar refractivity (Wildman–Crippen MR) is 107 cm³/mol. The van der Waals surface area contributed by atoms with Gasteiger partial charge in [0, 0.05) is 23.9 Å². The highest BCUT2D eigenvalue weighted by atomic mass is 16.1. The average molecular weight is 347 g/mol. The summed E-state index contributed by atoms with van der Waals surface area (Å²) in [5.74, 6) is 0.158. The number of anilines is 1. The third-order valence-corrected chi connectivity index (χ3v) is 4.77. The van der Waals surface area contributed by atoms with E-state index in [-0.39, 0.29) is 24.4 Å². The molecule has 3 heteroatoms. The molecule has 0 bridgehead atoms. The van der Waals surface area contributed by atoms with Gasteiger partial charge in [-0.3, -0.25) is 9.59 Å². The Labute approximate surface area is 155 Å². The van der Waals surface area contributed by atoms with E-state index in [9.17, 15) is 9.59 Å². The topological polar surface area (TPSA) is 46.2 Å². The smallest absolute Gasteiger partial charge is 0.160 e. The highest BCUT2D eigenvalue weighted by molar-refractivity contribution is 5.95. The number of para-hydroxylation sites is 1. The number of benzene rings is 2. The highest BCUT2D eigenvalue weighted by Crippen LogP contribution is 2.31. The number of hydrogen-bond donors (Lipinski definition) is 1. The van der Waals surface area contributed by atoms with Gasteiger partial charge in [-0.15, -0.1) is 0 Å². The summed E-state index contributed by atoms with van der Waals surface area (Å²) in [6.45, 7) is 5.68. The van der Waals surface area contributed by atoms with E-state index in [2.05, 4.69) is 17.5 Å². The molecule has 3 nitrogen and oxygen atoms in total. The molecule has 1 atom stereocenters. The van der Waals surface area contributed by atoms with Gasteiger partial charge in [-0.2, -0.15) is 0 Å². The van der Waals surface area contributed by atoms with Crippen LogP contribution in [0, 0.1) is 5.41 Å². The van der Waals surface area contributed by atoms with Gasteiger partial charge in [-0.1, -0.05) is 75.4 Å². The van der Waals surface area contributed by atoms with Crippen molar-refractivity contribution in [3.63, 3.8) is 0 Å². The minimum atomic E-state index is -0.454. The van der Waals surface area contributed by atoms with Crippen molar-refractivity contribution in [2.45, 2.75) is 39.7 Å². The summed E-state index contributed by atoms with van der Waals surface area (Å²) in [5.41, 5.74) is 3.54. The van der Waals surface area contributed by atoms with Crippen LogP contribution in [-0.4, -0.2) is 11.6 Å². The maximum Gasteiger partial charge on any atom is 0.160 e. The molecular weight excluding hydrogens is 322 g/mol. The molecule has 3 rings (SSSR count). The maximum atomic E-state index is 13.0. The highest BCUT2D eigenvalue weighted by Gasteiger charge is 2.27. The SMILES string of the molecule is CC(C)(C)C(=O)CCC(=O)C1Nc2ccccc2/C=C\c2ccccc21. The quantitative estimate of drug-likeness (QED) is 0.817. The van der Waals surface area contributed by atoms with E-state index >= 15 is 0 Å². The van der Waals surface area contributed by atoms with Crippen LogP contribution >= 0.6 is 0 Å². The van der Waals surface area contributed by atoms with E-state index < -0.39 is 11.5 Å². The molecule has 1 heterocycles. The largest absolute Gasteiger partial charge is 0.371 e. The van der Waals surface area contributed by atoms with Crippen molar-refractivity contribution in [2.75, 3.05) is 5.32 Å². The molecule has 2 aromatic carbocycles. The maximum absolute atomic E-state index is 13.0. The summed E-state index contributed by atoms with van der Waals surface area (Å²) in [5, 5.41) is 3.41. The normalized spacial score (nSPS) is 17.1. The first-order valence-electron chi connectivity index (χ1n) is 9.05. The van der Waals surface area contributed by atoms with Crippen molar-refractivity contribution < 1.29 is 9.59 Å². The Morgan fingerprint density at radius 3 is 2.23 bits per heavy atom. The molecule has 134 valence electrons. The van der Waals surface area contributed by atoms with Crippen LogP contribution in [0.1, 0.15) is 56.3 Å². The Kier molecular flexibility index (Phi) is 5.08. The van der Waals surface area contributed by atoms with Crippen LogP contribution in [0.5, 0.6) is 0 Å². The van der Waals surface area contributed by atoms with Crippen molar-refractivity contribution in [1.29, 1.82) is 0 Å². The van der Waals surface area contributed by atoms with E-state index in [1.54, 1.807) is 0 Å². The van der Waals surface area contributed by atoms with Crippen LogP contribution in [-0.2, 0) is 9.59 Å². The van der Waals surface area contributed by atoms with E-state index in [0.717, 1.165) is 22.4 Å². The first-order valence-corrected chi connectivity index (χ1v) is 9.05. The van der Waals surface area contributed by atoms with Crippen molar-refractivity contribution in [3.8, 4) is 0 Å². The summed E-state index contributed by atoms with van der Waals surface area (Å²) in [4.78, 5) is 25.3. The van der Waals surface area contributed by atoms with Crippen LogP contribution in [0.2, 0.25) is 0 Å². The lowest BCUT2D eigenvalue weighted by Crippen LogP contribution is -2.26. The lowest BCUT2D eigenvalue weighted by atomic mass is 9.86. The van der Waals surface area contributed by atoms with Crippen LogP contribution in [0.4, 0.5) is 5.69 Å². The summed E-state index contributed by atoms with van der Waals surface area (Å²) in [6, 6.07) is 15.4. The molecule has 1 unspecified atom stereocenters. The third-order valence-electron chi connectivity index (χ3n) is 4.77. The first-order chi connectivity index (χ1) is 12.4. The molecule has 0 fully saturated rings. The van der Waals surface area contributed by atoms with Gasteiger partial charge < -0.3 is 5.32 Å². The van der Waals surface area contributed by atoms with Gasteiger partial charge in [0.15, 0.2) is 5.78 Å². The molecule has 1 aliphatic heterocycles. The van der Waals surface area contributed by atoms with Gasteiger partial charge in [0.05, 0.1) is 0 Å². The monoisotopic (exact) mass is 347 g/mol. The molecule has 0 saturated carbocycles. The minimum Gasteiger partial charge on any atom is -0.371 e. The number of Topliss-reactive ketones (excluding diaryl/α,β-unsaturated/α-hetero) is 2. The molecule has 0 spiro atoms. The van der Waals surface area contributed by atoms with Crippen molar-refractivity contribution in [3.05, 3.63) is 65.2 Å². The Morgan fingerprint density at radius 2 is 1.50 bits per heavy atom. The van der Waals surface area contributed by atoms with E-state index in [0.29, 0.717) is 0 Å². The lowest BCUT2D eigenvalue weighted by molar-refractivity contribution is -0.129. The molecule has 0 radical (unpaired) electrons. The summed E-state index contributed by atoms with van der Waals surface area (Å²) < 4.78 is 0. The van der Waals surface area contributed by atoms with E-state index in [4.69, 9.17) is 0 Å².